The number of ether oxygens (including phenoxy) is 1. The maximum absolute atomic E-state index is 14.7. The summed E-state index contributed by atoms with van der Waals surface area (Å²) in [4.78, 5) is 25.3. The van der Waals surface area contributed by atoms with Gasteiger partial charge in [-0.25, -0.2) is 13.6 Å². The number of carboxylic acids is 1. The average molecular weight is 399 g/mol. The van der Waals surface area contributed by atoms with E-state index in [0.717, 1.165) is 24.4 Å². The first kappa shape index (κ1) is 19.3. The number of pyridine rings is 1. The van der Waals surface area contributed by atoms with Gasteiger partial charge in [-0.15, -0.1) is 13.2 Å². The molecule has 2 N–H and O–H groups in total. The van der Waals surface area contributed by atoms with E-state index in [9.17, 15) is 31.5 Å². The van der Waals surface area contributed by atoms with E-state index in [1.807, 2.05) is 0 Å². The van der Waals surface area contributed by atoms with Crippen molar-refractivity contribution in [3.63, 3.8) is 0 Å². The number of benzene rings is 2. The van der Waals surface area contributed by atoms with Gasteiger partial charge in [0.25, 0.3) is 0 Å². The number of carboxylic acid groups (broad SMARTS) is 1. The third kappa shape index (κ3) is 3.80. The van der Waals surface area contributed by atoms with Gasteiger partial charge in [0.2, 0.25) is 5.43 Å². The summed E-state index contributed by atoms with van der Waals surface area (Å²) in [5.74, 6) is -4.14. The van der Waals surface area contributed by atoms with E-state index in [1.54, 1.807) is 0 Å². The Morgan fingerprint density at radius 1 is 1.14 bits per heavy atom. The van der Waals surface area contributed by atoms with Crippen LogP contribution >= 0.6 is 0 Å². The van der Waals surface area contributed by atoms with Crippen LogP contribution in [0.3, 0.4) is 0 Å². The fourth-order valence-corrected chi connectivity index (χ4v) is 2.70. The molecule has 10 heteroatoms. The number of H-pyrrole nitrogens is 1. The van der Waals surface area contributed by atoms with Gasteiger partial charge in [-0.2, -0.15) is 0 Å². The first-order valence-electron chi connectivity index (χ1n) is 7.67. The molecule has 5 nitrogen and oxygen atoms in total. The molecule has 0 unspecified atom stereocenters. The molecule has 146 valence electrons. The van der Waals surface area contributed by atoms with Crippen molar-refractivity contribution in [2.45, 2.75) is 12.8 Å². The highest BCUT2D eigenvalue weighted by Gasteiger charge is 2.31. The lowest BCUT2D eigenvalue weighted by molar-refractivity contribution is -0.274. The van der Waals surface area contributed by atoms with Gasteiger partial charge in [0.05, 0.1) is 10.9 Å². The Morgan fingerprint density at radius 2 is 1.79 bits per heavy atom. The Balaban J connectivity index is 1.98. The number of alkyl halides is 3. The number of hydrogen-bond donors (Lipinski definition) is 2. The summed E-state index contributed by atoms with van der Waals surface area (Å²) in [6.07, 6.45) is -4.27. The maximum atomic E-state index is 14.7. The zero-order chi connectivity index (χ0) is 20.6. The number of rotatable bonds is 4. The molecule has 0 saturated carbocycles. The second-order valence-corrected chi connectivity index (χ2v) is 5.79. The Morgan fingerprint density at radius 3 is 2.36 bits per heavy atom. The largest absolute Gasteiger partial charge is 0.573 e. The van der Waals surface area contributed by atoms with Crippen LogP contribution in [-0.4, -0.2) is 22.4 Å². The summed E-state index contributed by atoms with van der Waals surface area (Å²) < 4.78 is 69.3. The van der Waals surface area contributed by atoms with Crippen LogP contribution in [0.4, 0.5) is 22.0 Å². The number of nitrogens with one attached hydrogen (secondary N) is 1. The Labute approximate surface area is 153 Å². The predicted octanol–water partition coefficient (Wildman–Crippen LogP) is 3.99. The maximum Gasteiger partial charge on any atom is 0.573 e. The summed E-state index contributed by atoms with van der Waals surface area (Å²) in [6.45, 7) is 0. The number of fused-ring (bicyclic) bond motifs is 1. The average Bonchev–Trinajstić information content (AvgIpc) is 2.59. The monoisotopic (exact) mass is 399 g/mol. The molecule has 0 spiro atoms. The third-order valence-corrected chi connectivity index (χ3v) is 3.91. The molecule has 3 aromatic rings. The Kier molecular flexibility index (Phi) is 4.80. The number of aromatic carboxylic acids is 1. The Bertz CT molecular complexity index is 1120. The summed E-state index contributed by atoms with van der Waals surface area (Å²) in [5, 5.41) is 8.18. The predicted molar refractivity (Wildman–Crippen MR) is 87.4 cm³/mol. The van der Waals surface area contributed by atoms with E-state index in [0.29, 0.717) is 5.56 Å². The molecular formula is C18H10F5NO4. The van der Waals surface area contributed by atoms with E-state index in [4.69, 9.17) is 5.11 Å². The van der Waals surface area contributed by atoms with Gasteiger partial charge in [0, 0.05) is 12.6 Å². The summed E-state index contributed by atoms with van der Waals surface area (Å²) in [6, 6.07) is 5.30. The highest BCUT2D eigenvalue weighted by Crippen LogP contribution is 2.26. The molecule has 0 aliphatic rings. The normalized spacial score (nSPS) is 11.6. The second kappa shape index (κ2) is 6.95. The molecule has 0 saturated heterocycles. The van der Waals surface area contributed by atoms with Gasteiger partial charge in [-0.3, -0.25) is 4.79 Å². The van der Waals surface area contributed by atoms with Crippen molar-refractivity contribution in [3.05, 3.63) is 75.1 Å². The van der Waals surface area contributed by atoms with Gasteiger partial charge >= 0.3 is 12.3 Å². The molecule has 0 bridgehead atoms. The minimum Gasteiger partial charge on any atom is -0.477 e. The SMILES string of the molecule is O=C(O)c1c[nH]c2c(F)c(Cc3ccc(OC(F)(F)F)cc3)cc(F)c2c1=O. The van der Waals surface area contributed by atoms with Crippen molar-refractivity contribution < 1.29 is 36.6 Å². The molecule has 0 radical (unpaired) electrons. The lowest BCUT2D eigenvalue weighted by Gasteiger charge is -2.11. The molecule has 0 amide bonds. The highest BCUT2D eigenvalue weighted by atomic mass is 19.4. The lowest BCUT2D eigenvalue weighted by atomic mass is 10.0. The summed E-state index contributed by atoms with van der Waals surface area (Å²) >= 11 is 0. The van der Waals surface area contributed by atoms with E-state index < -0.39 is 51.6 Å². The van der Waals surface area contributed by atoms with Gasteiger partial charge in [-0.1, -0.05) is 12.1 Å². The zero-order valence-corrected chi connectivity index (χ0v) is 13.7. The quantitative estimate of drug-likeness (QED) is 0.651. The minimum atomic E-state index is -4.85. The van der Waals surface area contributed by atoms with Crippen LogP contribution in [-0.2, 0) is 6.42 Å². The molecule has 1 heterocycles. The number of aromatic nitrogens is 1. The molecular weight excluding hydrogens is 389 g/mol. The van der Waals surface area contributed by atoms with E-state index in [2.05, 4.69) is 9.72 Å². The number of carbonyl (C=O) groups is 1. The standard InChI is InChI=1S/C18H10F5NO4/c19-12-6-9(5-8-1-3-10(4-2-8)28-18(21,22)23)14(20)15-13(12)16(25)11(7-24-15)17(26)27/h1-4,6-7H,5H2,(H,24,25)(H,26,27). The molecule has 0 aliphatic carbocycles. The third-order valence-electron chi connectivity index (χ3n) is 3.91. The molecule has 28 heavy (non-hydrogen) atoms. The zero-order valence-electron chi connectivity index (χ0n) is 13.7. The van der Waals surface area contributed by atoms with Crippen LogP contribution in [0.2, 0.25) is 0 Å². The van der Waals surface area contributed by atoms with Crippen LogP contribution in [0.1, 0.15) is 21.5 Å². The fourth-order valence-electron chi connectivity index (χ4n) is 2.70. The van der Waals surface area contributed by atoms with E-state index in [1.165, 1.54) is 12.1 Å². The fraction of sp³-hybridized carbons (Fsp3) is 0.111. The van der Waals surface area contributed by atoms with Crippen molar-refractivity contribution in [1.29, 1.82) is 0 Å². The van der Waals surface area contributed by atoms with Crippen LogP contribution in [0.5, 0.6) is 5.75 Å². The Hall–Kier alpha value is -3.43. The molecule has 0 atom stereocenters. The van der Waals surface area contributed by atoms with Crippen molar-refractivity contribution in [2.24, 2.45) is 0 Å². The topological polar surface area (TPSA) is 79.4 Å². The minimum absolute atomic E-state index is 0.173. The van der Waals surface area contributed by atoms with Crippen molar-refractivity contribution >= 4 is 16.9 Å². The van der Waals surface area contributed by atoms with Gasteiger partial charge in [0.15, 0.2) is 5.82 Å². The van der Waals surface area contributed by atoms with Gasteiger partial charge in [-0.05, 0) is 29.3 Å². The highest BCUT2D eigenvalue weighted by molar-refractivity contribution is 5.92. The molecule has 1 aromatic heterocycles. The molecule has 3 rings (SSSR count). The summed E-state index contributed by atoms with van der Waals surface area (Å²) in [5.41, 5.74) is -2.22. The van der Waals surface area contributed by atoms with Crippen molar-refractivity contribution in [3.8, 4) is 5.75 Å². The first-order valence-corrected chi connectivity index (χ1v) is 7.67. The molecule has 2 aromatic carbocycles. The number of halogens is 5. The van der Waals surface area contributed by atoms with Crippen LogP contribution < -0.4 is 10.2 Å². The van der Waals surface area contributed by atoms with E-state index >= 15 is 0 Å². The summed E-state index contributed by atoms with van der Waals surface area (Å²) in [7, 11) is 0. The lowest BCUT2D eigenvalue weighted by Crippen LogP contribution is -2.17. The first-order chi connectivity index (χ1) is 13.1. The van der Waals surface area contributed by atoms with Crippen LogP contribution in [0.25, 0.3) is 10.9 Å². The van der Waals surface area contributed by atoms with Crippen molar-refractivity contribution in [2.75, 3.05) is 0 Å². The number of hydrogen-bond acceptors (Lipinski definition) is 3. The van der Waals surface area contributed by atoms with E-state index in [-0.39, 0.29) is 12.0 Å². The molecule has 0 aliphatic heterocycles. The second-order valence-electron chi connectivity index (χ2n) is 5.79. The number of aromatic amines is 1. The van der Waals surface area contributed by atoms with Gasteiger partial charge < -0.3 is 14.8 Å². The molecule has 0 fully saturated rings. The van der Waals surface area contributed by atoms with Gasteiger partial charge in [0.1, 0.15) is 17.1 Å². The van der Waals surface area contributed by atoms with Crippen molar-refractivity contribution in [1.82, 2.24) is 4.98 Å². The van der Waals surface area contributed by atoms with Crippen LogP contribution in [0, 0.1) is 11.6 Å². The smallest absolute Gasteiger partial charge is 0.477 e. The van der Waals surface area contributed by atoms with Crippen LogP contribution in [0.15, 0.2) is 41.3 Å².